The standard InChI is InChI=1S/C25H21ClN4O3/c1-32-20-9-8-14(11-18(20)26)12-30-13-19-21(25(30)31)22(27)17-6-3-5-15(23(17)29-19)16-7-4-10-28-24(16)33-2/h3-11H,12-13H2,1-2H3,(H2,27,29). The largest absolute Gasteiger partial charge is 0.495 e. The van der Waals surface area contributed by atoms with Gasteiger partial charge in [0.2, 0.25) is 5.88 Å². The summed E-state index contributed by atoms with van der Waals surface area (Å²) in [7, 11) is 3.15. The van der Waals surface area contributed by atoms with Crippen LogP contribution in [-0.4, -0.2) is 35.0 Å². The van der Waals surface area contributed by atoms with Crippen LogP contribution in [0, 0.1) is 0 Å². The fourth-order valence-corrected chi connectivity index (χ4v) is 4.54. The average Bonchev–Trinajstić information content (AvgIpc) is 3.14. The van der Waals surface area contributed by atoms with Gasteiger partial charge >= 0.3 is 0 Å². The highest BCUT2D eigenvalue weighted by Gasteiger charge is 2.32. The van der Waals surface area contributed by atoms with E-state index in [-0.39, 0.29) is 5.91 Å². The molecule has 4 aromatic rings. The number of pyridine rings is 2. The maximum atomic E-state index is 13.2. The Morgan fingerprint density at radius 2 is 1.91 bits per heavy atom. The fraction of sp³-hybridized carbons (Fsp3) is 0.160. The Bertz CT molecular complexity index is 1410. The molecule has 166 valence electrons. The number of para-hydroxylation sites is 1. The van der Waals surface area contributed by atoms with E-state index in [1.54, 1.807) is 37.4 Å². The molecule has 0 spiro atoms. The summed E-state index contributed by atoms with van der Waals surface area (Å²) in [6, 6.07) is 15.0. The van der Waals surface area contributed by atoms with Gasteiger partial charge in [-0.3, -0.25) is 4.79 Å². The second-order valence-corrected chi connectivity index (χ2v) is 8.15. The number of amides is 1. The third-order valence-electron chi connectivity index (χ3n) is 5.82. The first kappa shape index (κ1) is 21.0. The third kappa shape index (κ3) is 3.50. The average molecular weight is 461 g/mol. The first-order chi connectivity index (χ1) is 16.0. The van der Waals surface area contributed by atoms with Gasteiger partial charge in [-0.1, -0.05) is 35.9 Å². The first-order valence-electron chi connectivity index (χ1n) is 10.3. The molecule has 2 aromatic carbocycles. The van der Waals surface area contributed by atoms with Gasteiger partial charge in [0.1, 0.15) is 5.75 Å². The van der Waals surface area contributed by atoms with Crippen molar-refractivity contribution in [1.29, 1.82) is 0 Å². The van der Waals surface area contributed by atoms with Crippen molar-refractivity contribution in [3.63, 3.8) is 0 Å². The zero-order chi connectivity index (χ0) is 23.1. The Kier molecular flexibility index (Phi) is 5.26. The highest BCUT2D eigenvalue weighted by Crippen LogP contribution is 2.39. The fourth-order valence-electron chi connectivity index (χ4n) is 4.26. The molecule has 1 aliphatic rings. The van der Waals surface area contributed by atoms with Crippen LogP contribution in [0.3, 0.4) is 0 Å². The minimum Gasteiger partial charge on any atom is -0.495 e. The Hall–Kier alpha value is -3.84. The van der Waals surface area contributed by atoms with Gasteiger partial charge in [0.25, 0.3) is 5.91 Å². The molecule has 2 N–H and O–H groups in total. The molecule has 0 unspecified atom stereocenters. The van der Waals surface area contributed by atoms with Crippen molar-refractivity contribution in [3.05, 3.63) is 76.6 Å². The molecule has 0 aliphatic carbocycles. The van der Waals surface area contributed by atoms with Crippen LogP contribution in [0.1, 0.15) is 21.6 Å². The second kappa shape index (κ2) is 8.26. The van der Waals surface area contributed by atoms with Crippen molar-refractivity contribution < 1.29 is 14.3 Å². The van der Waals surface area contributed by atoms with Crippen molar-refractivity contribution in [2.75, 3.05) is 20.0 Å². The topological polar surface area (TPSA) is 90.6 Å². The third-order valence-corrected chi connectivity index (χ3v) is 6.11. The van der Waals surface area contributed by atoms with Crippen LogP contribution in [0.5, 0.6) is 11.6 Å². The van der Waals surface area contributed by atoms with E-state index in [9.17, 15) is 4.79 Å². The van der Waals surface area contributed by atoms with E-state index in [0.29, 0.717) is 52.2 Å². The normalized spacial score (nSPS) is 12.8. The van der Waals surface area contributed by atoms with Crippen LogP contribution in [0.4, 0.5) is 5.69 Å². The number of fused-ring (bicyclic) bond motifs is 2. The molecule has 3 heterocycles. The quantitative estimate of drug-likeness (QED) is 0.464. The zero-order valence-electron chi connectivity index (χ0n) is 18.1. The lowest BCUT2D eigenvalue weighted by molar-refractivity contribution is 0.0767. The molecular formula is C25H21ClN4O3. The maximum Gasteiger partial charge on any atom is 0.258 e. The molecular weight excluding hydrogens is 440 g/mol. The van der Waals surface area contributed by atoms with Gasteiger partial charge in [-0.2, -0.15) is 0 Å². The van der Waals surface area contributed by atoms with Crippen LogP contribution in [0.25, 0.3) is 22.0 Å². The van der Waals surface area contributed by atoms with E-state index in [4.69, 9.17) is 31.8 Å². The van der Waals surface area contributed by atoms with Gasteiger partial charge in [0.05, 0.1) is 48.2 Å². The number of anilines is 1. The van der Waals surface area contributed by atoms with E-state index in [0.717, 1.165) is 22.1 Å². The van der Waals surface area contributed by atoms with Gasteiger partial charge in [-0.15, -0.1) is 0 Å². The molecule has 5 rings (SSSR count). The van der Waals surface area contributed by atoms with Gasteiger partial charge in [0, 0.05) is 29.3 Å². The SMILES string of the molecule is COc1ccc(CN2Cc3nc4c(-c5cccnc5OC)cccc4c(N)c3C2=O)cc1Cl. The highest BCUT2D eigenvalue weighted by molar-refractivity contribution is 6.32. The maximum absolute atomic E-state index is 13.2. The molecule has 0 saturated heterocycles. The lowest BCUT2D eigenvalue weighted by atomic mass is 10.00. The number of ether oxygens (including phenoxy) is 2. The van der Waals surface area contributed by atoms with Crippen molar-refractivity contribution in [3.8, 4) is 22.8 Å². The van der Waals surface area contributed by atoms with Crippen LogP contribution < -0.4 is 15.2 Å². The summed E-state index contributed by atoms with van der Waals surface area (Å²) in [6.45, 7) is 0.744. The van der Waals surface area contributed by atoms with Crippen molar-refractivity contribution in [2.24, 2.45) is 0 Å². The number of benzene rings is 2. The van der Waals surface area contributed by atoms with E-state index in [2.05, 4.69) is 4.98 Å². The minimum absolute atomic E-state index is 0.145. The molecule has 33 heavy (non-hydrogen) atoms. The first-order valence-corrected chi connectivity index (χ1v) is 10.7. The summed E-state index contributed by atoms with van der Waals surface area (Å²) in [6.07, 6.45) is 1.68. The van der Waals surface area contributed by atoms with Gasteiger partial charge in [-0.05, 0) is 29.8 Å². The molecule has 8 heteroatoms. The highest BCUT2D eigenvalue weighted by atomic mass is 35.5. The molecule has 0 atom stereocenters. The van der Waals surface area contributed by atoms with Gasteiger partial charge in [0.15, 0.2) is 0 Å². The Labute approximate surface area is 195 Å². The van der Waals surface area contributed by atoms with Crippen LogP contribution >= 0.6 is 11.6 Å². The summed E-state index contributed by atoms with van der Waals surface area (Å²) in [5.41, 5.74) is 11.3. The smallest absolute Gasteiger partial charge is 0.258 e. The van der Waals surface area contributed by atoms with E-state index in [1.165, 1.54) is 0 Å². The number of rotatable bonds is 5. The van der Waals surface area contributed by atoms with Crippen molar-refractivity contribution in [2.45, 2.75) is 13.1 Å². The van der Waals surface area contributed by atoms with Crippen molar-refractivity contribution >= 4 is 34.1 Å². The van der Waals surface area contributed by atoms with Gasteiger partial charge in [-0.25, -0.2) is 9.97 Å². The molecule has 1 aliphatic heterocycles. The van der Waals surface area contributed by atoms with Gasteiger partial charge < -0.3 is 20.1 Å². The molecule has 0 radical (unpaired) electrons. The Morgan fingerprint density at radius 3 is 2.67 bits per heavy atom. The number of methoxy groups -OCH3 is 2. The Morgan fingerprint density at radius 1 is 1.09 bits per heavy atom. The van der Waals surface area contributed by atoms with E-state index >= 15 is 0 Å². The minimum atomic E-state index is -0.145. The number of hydrogen-bond acceptors (Lipinski definition) is 6. The lowest BCUT2D eigenvalue weighted by Crippen LogP contribution is -2.23. The summed E-state index contributed by atoms with van der Waals surface area (Å²) in [5.74, 6) is 0.945. The number of aromatic nitrogens is 2. The predicted molar refractivity (Wildman–Crippen MR) is 128 cm³/mol. The van der Waals surface area contributed by atoms with E-state index in [1.807, 2.05) is 36.4 Å². The number of hydrogen-bond donors (Lipinski definition) is 1. The second-order valence-electron chi connectivity index (χ2n) is 7.74. The lowest BCUT2D eigenvalue weighted by Gasteiger charge is -2.16. The summed E-state index contributed by atoms with van der Waals surface area (Å²) in [5, 5.41) is 1.22. The van der Waals surface area contributed by atoms with Crippen LogP contribution in [0.2, 0.25) is 5.02 Å². The number of nitrogens with zero attached hydrogens (tertiary/aromatic N) is 3. The summed E-state index contributed by atoms with van der Waals surface area (Å²) < 4.78 is 10.7. The Balaban J connectivity index is 1.56. The van der Waals surface area contributed by atoms with E-state index < -0.39 is 0 Å². The molecule has 2 aromatic heterocycles. The number of nitrogens with two attached hydrogens (primary N) is 1. The monoisotopic (exact) mass is 460 g/mol. The number of carbonyl (C=O) groups excluding carboxylic acids is 1. The molecule has 0 saturated carbocycles. The molecule has 0 bridgehead atoms. The van der Waals surface area contributed by atoms with Crippen LogP contribution in [0.15, 0.2) is 54.7 Å². The molecule has 0 fully saturated rings. The zero-order valence-corrected chi connectivity index (χ0v) is 18.9. The summed E-state index contributed by atoms with van der Waals surface area (Å²) in [4.78, 5) is 24.2. The number of nitrogen functional groups attached to an aromatic ring is 1. The number of carbonyl (C=O) groups is 1. The van der Waals surface area contributed by atoms with Crippen molar-refractivity contribution in [1.82, 2.24) is 14.9 Å². The number of halogens is 1. The summed E-state index contributed by atoms with van der Waals surface area (Å²) >= 11 is 6.26. The molecule has 7 nitrogen and oxygen atoms in total. The predicted octanol–water partition coefficient (Wildman–Crippen LogP) is 4.71. The van der Waals surface area contributed by atoms with Crippen LogP contribution in [-0.2, 0) is 13.1 Å². The molecule has 1 amide bonds.